The summed E-state index contributed by atoms with van der Waals surface area (Å²) in [7, 11) is 0. The third-order valence-electron chi connectivity index (χ3n) is 9.83. The van der Waals surface area contributed by atoms with E-state index in [9.17, 15) is 4.79 Å². The molecule has 0 spiro atoms. The lowest BCUT2D eigenvalue weighted by Gasteiger charge is -2.17. The van der Waals surface area contributed by atoms with Crippen molar-refractivity contribution in [3.63, 3.8) is 0 Å². The molecule has 12 nitrogen and oxygen atoms in total. The van der Waals surface area contributed by atoms with Crippen LogP contribution in [0.4, 0.5) is 0 Å². The molecule has 316 valence electrons. The molecule has 0 rings (SSSR count). The van der Waals surface area contributed by atoms with Gasteiger partial charge in [-0.05, 0) is 72.4 Å². The molecule has 0 bridgehead atoms. The standard InChI is InChI=1S/C41H80O12/c1-3-5-6-7-8-9-10-11-12-16-19-22-25-28-31-34-37-40(45-41(42)4-2)38-35-32-29-26-23-20-17-14-13-15-18-21-24-27-30-33-36-39-44-47-49-51-53-52-50-48-46-43/h4,40,43H,2-3,5-39H2,1H3. The van der Waals surface area contributed by atoms with Gasteiger partial charge in [0.1, 0.15) is 6.10 Å². The van der Waals surface area contributed by atoms with Crippen molar-refractivity contribution in [2.24, 2.45) is 0 Å². The molecule has 0 aromatic heterocycles. The zero-order valence-electron chi connectivity index (χ0n) is 33.8. The maximum Gasteiger partial charge on any atom is 0.330 e. The second-order valence-electron chi connectivity index (χ2n) is 14.5. The molecule has 0 aliphatic rings. The van der Waals surface area contributed by atoms with Crippen LogP contribution in [0.2, 0.25) is 0 Å². The molecule has 0 aliphatic carbocycles. The highest BCUT2D eigenvalue weighted by Gasteiger charge is 2.12. The smallest absolute Gasteiger partial charge is 0.330 e. The molecule has 1 N–H and O–H groups in total. The Hall–Kier alpha value is -1.19. The molecule has 53 heavy (non-hydrogen) atoms. The van der Waals surface area contributed by atoms with Crippen LogP contribution in [0.15, 0.2) is 12.7 Å². The van der Waals surface area contributed by atoms with Crippen LogP contribution in [0.25, 0.3) is 0 Å². The molecule has 0 heterocycles. The van der Waals surface area contributed by atoms with E-state index < -0.39 is 0 Å². The summed E-state index contributed by atoms with van der Waals surface area (Å²) in [5.41, 5.74) is 0. The molecule has 0 aliphatic heterocycles. The average Bonchev–Trinajstić information content (AvgIpc) is 3.17. The van der Waals surface area contributed by atoms with Crippen molar-refractivity contribution in [1.29, 1.82) is 0 Å². The summed E-state index contributed by atoms with van der Waals surface area (Å²) in [6, 6.07) is 0. The van der Waals surface area contributed by atoms with Gasteiger partial charge in [0.15, 0.2) is 0 Å². The number of carbonyl (C=O) groups excluding carboxylic acids is 1. The Morgan fingerprint density at radius 3 is 1.09 bits per heavy atom. The van der Waals surface area contributed by atoms with Crippen LogP contribution in [0.5, 0.6) is 0 Å². The Morgan fingerprint density at radius 2 is 0.755 bits per heavy atom. The summed E-state index contributed by atoms with van der Waals surface area (Å²) in [4.78, 5) is 16.6. The number of esters is 1. The molecule has 0 aromatic carbocycles. The van der Waals surface area contributed by atoms with Gasteiger partial charge < -0.3 is 4.74 Å². The first-order chi connectivity index (χ1) is 26.2. The first-order valence-electron chi connectivity index (χ1n) is 21.7. The minimum Gasteiger partial charge on any atom is -0.459 e. The summed E-state index contributed by atoms with van der Waals surface area (Å²) in [6.45, 7) is 6.22. The van der Waals surface area contributed by atoms with E-state index in [0.29, 0.717) is 6.61 Å². The van der Waals surface area contributed by atoms with Crippen molar-refractivity contribution < 1.29 is 60.0 Å². The maximum absolute atomic E-state index is 11.9. The lowest BCUT2D eigenvalue weighted by atomic mass is 10.0. The van der Waals surface area contributed by atoms with E-state index in [0.717, 1.165) is 44.9 Å². The molecule has 0 radical (unpaired) electrons. The van der Waals surface area contributed by atoms with E-state index in [1.54, 1.807) is 0 Å². The summed E-state index contributed by atoms with van der Waals surface area (Å²) in [6.07, 6.45) is 46.6. The van der Waals surface area contributed by atoms with Crippen LogP contribution in [-0.2, 0) is 54.7 Å². The van der Waals surface area contributed by atoms with Gasteiger partial charge in [-0.1, -0.05) is 206 Å². The molecular weight excluding hydrogens is 684 g/mol. The van der Waals surface area contributed by atoms with Gasteiger partial charge in [0, 0.05) is 6.08 Å². The maximum atomic E-state index is 11.9. The van der Waals surface area contributed by atoms with Crippen LogP contribution in [0.1, 0.15) is 232 Å². The van der Waals surface area contributed by atoms with E-state index in [2.05, 4.69) is 53.8 Å². The second kappa shape index (κ2) is 47.0. The number of ether oxygens (including phenoxy) is 1. The fraction of sp³-hybridized carbons (Fsp3) is 0.927. The Kier molecular flexibility index (Phi) is 45.9. The highest BCUT2D eigenvalue weighted by Crippen LogP contribution is 2.19. The molecule has 0 saturated heterocycles. The van der Waals surface area contributed by atoms with Crippen molar-refractivity contribution in [2.45, 2.75) is 238 Å². The van der Waals surface area contributed by atoms with Crippen molar-refractivity contribution in [2.75, 3.05) is 6.61 Å². The highest BCUT2D eigenvalue weighted by atomic mass is 17.9. The number of carbonyl (C=O) groups is 1. The summed E-state index contributed by atoms with van der Waals surface area (Å²) in [5, 5.41) is 37.2. The molecule has 12 heteroatoms. The zero-order chi connectivity index (χ0) is 38.4. The Balaban J connectivity index is 3.45. The van der Waals surface area contributed by atoms with E-state index in [1.807, 2.05) is 0 Å². The summed E-state index contributed by atoms with van der Waals surface area (Å²) >= 11 is 0. The van der Waals surface area contributed by atoms with Gasteiger partial charge in [-0.2, -0.15) is 0 Å². The predicted octanol–water partition coefficient (Wildman–Crippen LogP) is 13.7. The third kappa shape index (κ3) is 45.1. The quantitative estimate of drug-likeness (QED) is 0.0208. The fourth-order valence-corrected chi connectivity index (χ4v) is 6.70. The lowest BCUT2D eigenvalue weighted by Crippen LogP contribution is -2.16. The molecular formula is C41H80O12. The Labute approximate surface area is 322 Å². The summed E-state index contributed by atoms with van der Waals surface area (Å²) in [5.74, 6) is -0.269. The third-order valence-corrected chi connectivity index (χ3v) is 9.83. The Morgan fingerprint density at radius 1 is 0.453 bits per heavy atom. The normalized spacial score (nSPS) is 12.0. The predicted molar refractivity (Wildman–Crippen MR) is 205 cm³/mol. The zero-order valence-corrected chi connectivity index (χ0v) is 33.8. The molecule has 0 aromatic rings. The van der Waals surface area contributed by atoms with E-state index in [1.165, 1.54) is 186 Å². The first kappa shape index (κ1) is 51.8. The molecule has 0 amide bonds. The first-order valence-corrected chi connectivity index (χ1v) is 21.7. The van der Waals surface area contributed by atoms with Crippen molar-refractivity contribution in [3.8, 4) is 0 Å². The van der Waals surface area contributed by atoms with E-state index >= 15 is 0 Å². The fourth-order valence-electron chi connectivity index (χ4n) is 6.70. The van der Waals surface area contributed by atoms with Gasteiger partial charge in [0.05, 0.1) is 6.61 Å². The average molecular weight is 765 g/mol. The molecule has 1 atom stereocenters. The van der Waals surface area contributed by atoms with Crippen LogP contribution in [0.3, 0.4) is 0 Å². The SMILES string of the molecule is C=CC(=O)OC(CCCCCCCCCCCCCCCCCC)CCCCCCCCCCCCCCCCCCCOOOOOOOOOO. The van der Waals surface area contributed by atoms with Gasteiger partial charge in [-0.15, -0.1) is 0 Å². The van der Waals surface area contributed by atoms with Gasteiger partial charge in [-0.25, -0.2) is 14.9 Å². The van der Waals surface area contributed by atoms with Gasteiger partial charge in [0.25, 0.3) is 0 Å². The minimum atomic E-state index is -0.269. The summed E-state index contributed by atoms with van der Waals surface area (Å²) < 4.78 is 5.69. The number of hydrogen-bond donors (Lipinski definition) is 1. The van der Waals surface area contributed by atoms with Crippen molar-refractivity contribution >= 4 is 5.97 Å². The molecule has 1 unspecified atom stereocenters. The highest BCUT2D eigenvalue weighted by molar-refractivity contribution is 5.81. The number of hydrogen-bond acceptors (Lipinski definition) is 12. The van der Waals surface area contributed by atoms with Gasteiger partial charge in [0.2, 0.25) is 0 Å². The van der Waals surface area contributed by atoms with Crippen LogP contribution >= 0.6 is 0 Å². The topological polar surface area (TPSA) is 130 Å². The second-order valence-corrected chi connectivity index (χ2v) is 14.5. The van der Waals surface area contributed by atoms with E-state index in [-0.39, 0.29) is 12.1 Å². The van der Waals surface area contributed by atoms with Gasteiger partial charge in [-0.3, -0.25) is 0 Å². The monoisotopic (exact) mass is 765 g/mol. The van der Waals surface area contributed by atoms with Crippen LogP contribution < -0.4 is 0 Å². The number of unbranched alkanes of at least 4 members (excludes halogenated alkanes) is 31. The largest absolute Gasteiger partial charge is 0.459 e. The van der Waals surface area contributed by atoms with E-state index in [4.69, 9.17) is 14.9 Å². The Bertz CT molecular complexity index is 714. The van der Waals surface area contributed by atoms with Gasteiger partial charge >= 0.3 is 5.97 Å². The minimum absolute atomic E-state index is 0.0550. The molecule has 0 saturated carbocycles. The van der Waals surface area contributed by atoms with Crippen LogP contribution in [-0.4, -0.2) is 23.9 Å². The molecule has 0 fully saturated rings. The lowest BCUT2D eigenvalue weighted by molar-refractivity contribution is -0.843. The van der Waals surface area contributed by atoms with Crippen molar-refractivity contribution in [3.05, 3.63) is 12.7 Å². The van der Waals surface area contributed by atoms with Crippen LogP contribution in [0, 0.1) is 0 Å². The number of rotatable bonds is 47. The van der Waals surface area contributed by atoms with Crippen molar-refractivity contribution in [1.82, 2.24) is 0 Å².